The van der Waals surface area contributed by atoms with Crippen LogP contribution in [0.2, 0.25) is 0 Å². The van der Waals surface area contributed by atoms with Gasteiger partial charge in [-0.3, -0.25) is 9.59 Å². The number of carbonyl (C=O) groups is 2. The second-order valence-electron chi connectivity index (χ2n) is 5.88. The first-order chi connectivity index (χ1) is 9.30. The Morgan fingerprint density at radius 2 is 1.65 bits per heavy atom. The molecule has 0 heterocycles. The molecule has 1 amide bonds. The van der Waals surface area contributed by atoms with E-state index in [2.05, 4.69) is 0 Å². The van der Waals surface area contributed by atoms with E-state index in [1.54, 1.807) is 36.2 Å². The van der Waals surface area contributed by atoms with Crippen LogP contribution in [-0.4, -0.2) is 36.7 Å². The van der Waals surface area contributed by atoms with E-state index in [-0.39, 0.29) is 17.1 Å². The third kappa shape index (κ3) is 4.17. The van der Waals surface area contributed by atoms with Crippen LogP contribution >= 0.6 is 0 Å². The highest BCUT2D eigenvalue weighted by molar-refractivity contribution is 5.98. The molecule has 0 saturated heterocycles. The molecule has 0 unspecified atom stereocenters. The Balaban J connectivity index is 2.80. The van der Waals surface area contributed by atoms with E-state index >= 15 is 0 Å². The Hall–Kier alpha value is -1.68. The van der Waals surface area contributed by atoms with Crippen molar-refractivity contribution in [2.75, 3.05) is 20.1 Å². The van der Waals surface area contributed by atoms with E-state index in [9.17, 15) is 9.59 Å². The predicted molar refractivity (Wildman–Crippen MR) is 80.9 cm³/mol. The molecule has 2 N–H and O–H groups in total. The van der Waals surface area contributed by atoms with Crippen LogP contribution in [-0.2, 0) is 0 Å². The number of ketones is 1. The molecule has 1 aromatic rings. The quantitative estimate of drug-likeness (QED) is 0.811. The summed E-state index contributed by atoms with van der Waals surface area (Å²) >= 11 is 0. The fourth-order valence-electron chi connectivity index (χ4n) is 2.00. The molecule has 0 bridgehead atoms. The Morgan fingerprint density at radius 1 is 1.15 bits per heavy atom. The first kappa shape index (κ1) is 16.4. The third-order valence-corrected chi connectivity index (χ3v) is 3.34. The largest absolute Gasteiger partial charge is 0.341 e. The van der Waals surface area contributed by atoms with Gasteiger partial charge >= 0.3 is 0 Å². The lowest BCUT2D eigenvalue weighted by Gasteiger charge is -2.29. The molecular weight excluding hydrogens is 252 g/mol. The maximum absolute atomic E-state index is 12.3. The highest BCUT2D eigenvalue weighted by Gasteiger charge is 2.21. The van der Waals surface area contributed by atoms with E-state index in [0.717, 1.165) is 0 Å². The molecule has 0 aromatic heterocycles. The summed E-state index contributed by atoms with van der Waals surface area (Å²) in [5.74, 6) is 0.0311. The zero-order valence-corrected chi connectivity index (χ0v) is 12.8. The number of amides is 1. The number of hydrogen-bond acceptors (Lipinski definition) is 3. The predicted octanol–water partition coefficient (Wildman–Crippen LogP) is 2.34. The number of nitrogens with zero attached hydrogens (tertiary/aromatic N) is 1. The van der Waals surface area contributed by atoms with Crippen molar-refractivity contribution in [2.45, 2.75) is 27.2 Å². The molecular formula is C16H24N2O2. The number of hydrogen-bond donors (Lipinski definition) is 1. The van der Waals surface area contributed by atoms with E-state index in [1.807, 2.05) is 20.8 Å². The maximum Gasteiger partial charge on any atom is 0.253 e. The van der Waals surface area contributed by atoms with Crippen LogP contribution in [0.25, 0.3) is 0 Å². The van der Waals surface area contributed by atoms with Crippen molar-refractivity contribution in [3.8, 4) is 0 Å². The lowest BCUT2D eigenvalue weighted by molar-refractivity contribution is 0.0740. The topological polar surface area (TPSA) is 63.4 Å². The third-order valence-electron chi connectivity index (χ3n) is 3.34. The Morgan fingerprint density at radius 3 is 2.10 bits per heavy atom. The van der Waals surface area contributed by atoms with Crippen molar-refractivity contribution in [1.82, 2.24) is 4.90 Å². The monoisotopic (exact) mass is 276 g/mol. The molecule has 1 rings (SSSR count). The van der Waals surface area contributed by atoms with Gasteiger partial charge in [0.15, 0.2) is 5.78 Å². The van der Waals surface area contributed by atoms with Gasteiger partial charge in [0.05, 0.1) is 0 Å². The Kier molecular flexibility index (Phi) is 5.45. The molecule has 0 atom stereocenters. The van der Waals surface area contributed by atoms with Gasteiger partial charge in [0, 0.05) is 31.1 Å². The van der Waals surface area contributed by atoms with Gasteiger partial charge in [-0.15, -0.1) is 0 Å². The normalized spacial score (nSPS) is 11.2. The molecule has 0 aliphatic rings. The van der Waals surface area contributed by atoms with Gasteiger partial charge in [-0.2, -0.15) is 0 Å². The minimum atomic E-state index is -0.109. The minimum Gasteiger partial charge on any atom is -0.341 e. The average Bonchev–Trinajstić information content (AvgIpc) is 2.45. The lowest BCUT2D eigenvalue weighted by atomic mass is 9.93. The summed E-state index contributed by atoms with van der Waals surface area (Å²) in [6, 6.07) is 6.83. The SMILES string of the molecule is CCC(=O)c1ccc(C(=O)N(C)CC(C)(C)CN)cc1. The molecule has 0 spiro atoms. The zero-order chi connectivity index (χ0) is 15.3. The molecule has 0 aliphatic carbocycles. The molecule has 0 radical (unpaired) electrons. The lowest BCUT2D eigenvalue weighted by Crippen LogP contribution is -2.39. The minimum absolute atomic E-state index is 0.0537. The van der Waals surface area contributed by atoms with Crippen LogP contribution < -0.4 is 5.73 Å². The summed E-state index contributed by atoms with van der Waals surface area (Å²) in [7, 11) is 1.77. The number of carbonyl (C=O) groups excluding carboxylic acids is 2. The highest BCUT2D eigenvalue weighted by atomic mass is 16.2. The van der Waals surface area contributed by atoms with Crippen LogP contribution in [0.3, 0.4) is 0 Å². The fraction of sp³-hybridized carbons (Fsp3) is 0.500. The molecule has 4 heteroatoms. The van der Waals surface area contributed by atoms with Gasteiger partial charge in [-0.1, -0.05) is 32.9 Å². The first-order valence-corrected chi connectivity index (χ1v) is 6.89. The number of nitrogens with two attached hydrogens (primary N) is 1. The van der Waals surface area contributed by atoms with Crippen LogP contribution in [0.5, 0.6) is 0 Å². The summed E-state index contributed by atoms with van der Waals surface area (Å²) in [6.45, 7) is 7.00. The molecule has 0 fully saturated rings. The molecule has 4 nitrogen and oxygen atoms in total. The van der Waals surface area contributed by atoms with E-state index in [4.69, 9.17) is 5.73 Å². The van der Waals surface area contributed by atoms with Gasteiger partial charge in [0.1, 0.15) is 0 Å². The average molecular weight is 276 g/mol. The molecule has 110 valence electrons. The Labute approximate surface area is 121 Å². The van der Waals surface area contributed by atoms with E-state index in [1.165, 1.54) is 0 Å². The molecule has 0 saturated carbocycles. The summed E-state index contributed by atoms with van der Waals surface area (Å²) in [5.41, 5.74) is 6.82. The fourth-order valence-corrected chi connectivity index (χ4v) is 2.00. The van der Waals surface area contributed by atoms with Crippen LogP contribution in [0.15, 0.2) is 24.3 Å². The second-order valence-corrected chi connectivity index (χ2v) is 5.88. The zero-order valence-electron chi connectivity index (χ0n) is 12.8. The van der Waals surface area contributed by atoms with Crippen LogP contribution in [0.4, 0.5) is 0 Å². The van der Waals surface area contributed by atoms with Crippen molar-refractivity contribution in [3.63, 3.8) is 0 Å². The van der Waals surface area contributed by atoms with Crippen molar-refractivity contribution >= 4 is 11.7 Å². The maximum atomic E-state index is 12.3. The van der Waals surface area contributed by atoms with Crippen LogP contribution in [0.1, 0.15) is 47.9 Å². The number of benzene rings is 1. The highest BCUT2D eigenvalue weighted by Crippen LogP contribution is 2.16. The molecule has 1 aromatic carbocycles. The van der Waals surface area contributed by atoms with Crippen molar-refractivity contribution in [2.24, 2.45) is 11.1 Å². The summed E-state index contributed by atoms with van der Waals surface area (Å²) in [6.07, 6.45) is 0.470. The summed E-state index contributed by atoms with van der Waals surface area (Å²) < 4.78 is 0. The smallest absolute Gasteiger partial charge is 0.253 e. The van der Waals surface area contributed by atoms with E-state index in [0.29, 0.717) is 30.6 Å². The summed E-state index contributed by atoms with van der Waals surface area (Å²) in [4.78, 5) is 25.5. The van der Waals surface area contributed by atoms with Crippen molar-refractivity contribution in [3.05, 3.63) is 35.4 Å². The molecule has 0 aliphatic heterocycles. The molecule has 20 heavy (non-hydrogen) atoms. The van der Waals surface area contributed by atoms with Gasteiger partial charge < -0.3 is 10.6 Å². The standard InChI is InChI=1S/C16H24N2O2/c1-5-14(19)12-6-8-13(9-7-12)15(20)18(4)11-16(2,3)10-17/h6-9H,5,10-11,17H2,1-4H3. The van der Waals surface area contributed by atoms with Crippen molar-refractivity contribution < 1.29 is 9.59 Å². The van der Waals surface area contributed by atoms with Gasteiger partial charge in [0.25, 0.3) is 5.91 Å². The Bertz CT molecular complexity index is 478. The van der Waals surface area contributed by atoms with Gasteiger partial charge in [-0.25, -0.2) is 0 Å². The van der Waals surface area contributed by atoms with Gasteiger partial charge in [0.2, 0.25) is 0 Å². The van der Waals surface area contributed by atoms with Crippen molar-refractivity contribution in [1.29, 1.82) is 0 Å². The summed E-state index contributed by atoms with van der Waals surface area (Å²) in [5, 5.41) is 0. The first-order valence-electron chi connectivity index (χ1n) is 6.89. The van der Waals surface area contributed by atoms with Crippen LogP contribution in [0, 0.1) is 5.41 Å². The van der Waals surface area contributed by atoms with Gasteiger partial charge in [-0.05, 0) is 24.1 Å². The number of Topliss-reactive ketones (excluding diaryl/α,β-unsaturated/α-hetero) is 1. The number of rotatable bonds is 6. The second kappa shape index (κ2) is 6.66. The van der Waals surface area contributed by atoms with E-state index < -0.39 is 0 Å².